The number of likely N-dealkylation sites (tertiary alicyclic amines) is 1. The fourth-order valence-corrected chi connectivity index (χ4v) is 6.12. The number of ether oxygens (including phenoxy) is 1. The number of hydrogen-bond donors (Lipinski definition) is 1. The molecule has 11 heteroatoms. The second kappa shape index (κ2) is 11.2. The lowest BCUT2D eigenvalue weighted by Gasteiger charge is -2.14. The van der Waals surface area contributed by atoms with E-state index in [0.29, 0.717) is 65.7 Å². The number of benzene rings is 2. The number of hydrogen-bond acceptors (Lipinski definition) is 9. The van der Waals surface area contributed by atoms with Crippen molar-refractivity contribution in [2.24, 2.45) is 0 Å². The summed E-state index contributed by atoms with van der Waals surface area (Å²) in [7, 11) is 0. The van der Waals surface area contributed by atoms with Crippen molar-refractivity contribution in [1.82, 2.24) is 30.2 Å². The van der Waals surface area contributed by atoms with Crippen LogP contribution in [0.5, 0.6) is 11.5 Å². The number of carbonyl (C=O) groups is 1. The van der Waals surface area contributed by atoms with Crippen LogP contribution in [0.4, 0.5) is 0 Å². The Morgan fingerprint density at radius 1 is 1.05 bits per heavy atom. The SMILES string of the molecule is CC(C)c1nnc(-c2ccc(Oc3cc(-c4nc(C5CC(=O)N(C6CC6)C5)no4)ccc3Cc3ccc[nH]c3=O)cc2)s1. The minimum Gasteiger partial charge on any atom is -0.457 e. The summed E-state index contributed by atoms with van der Waals surface area (Å²) in [5.74, 6) is 2.51. The van der Waals surface area contributed by atoms with Gasteiger partial charge in [-0.05, 0) is 60.9 Å². The summed E-state index contributed by atoms with van der Waals surface area (Å²) < 4.78 is 12.1. The topological polar surface area (TPSA) is 127 Å². The van der Waals surface area contributed by atoms with Gasteiger partial charge in [0.05, 0.1) is 0 Å². The Balaban J connectivity index is 1.16. The van der Waals surface area contributed by atoms with Crippen molar-refractivity contribution >= 4 is 17.2 Å². The number of nitrogens with zero attached hydrogens (tertiary/aromatic N) is 5. The van der Waals surface area contributed by atoms with Gasteiger partial charge in [-0.1, -0.05) is 42.5 Å². The van der Waals surface area contributed by atoms with Crippen molar-refractivity contribution in [3.05, 3.63) is 93.1 Å². The maximum atomic E-state index is 12.5. The number of rotatable bonds is 9. The number of amides is 1. The van der Waals surface area contributed by atoms with E-state index >= 15 is 0 Å². The fraction of sp³-hybridized carbons (Fsp3) is 0.312. The first-order valence-electron chi connectivity index (χ1n) is 14.5. The van der Waals surface area contributed by atoms with Crippen LogP contribution >= 0.6 is 11.3 Å². The molecule has 1 atom stereocenters. The van der Waals surface area contributed by atoms with Crippen LogP contribution in [0.25, 0.3) is 22.0 Å². The molecule has 0 spiro atoms. The minimum atomic E-state index is -0.146. The van der Waals surface area contributed by atoms with Gasteiger partial charge < -0.3 is 19.1 Å². The Hall–Kier alpha value is -4.64. The Morgan fingerprint density at radius 3 is 2.60 bits per heavy atom. The number of nitrogens with one attached hydrogen (secondary N) is 1. The van der Waals surface area contributed by atoms with E-state index in [9.17, 15) is 9.59 Å². The average Bonchev–Trinajstić information content (AvgIpc) is 3.36. The Morgan fingerprint density at radius 2 is 1.86 bits per heavy atom. The summed E-state index contributed by atoms with van der Waals surface area (Å²) in [6, 6.07) is 17.3. The molecule has 2 fully saturated rings. The predicted molar refractivity (Wildman–Crippen MR) is 161 cm³/mol. The highest BCUT2D eigenvalue weighted by Gasteiger charge is 2.41. The molecule has 0 radical (unpaired) electrons. The quantitative estimate of drug-likeness (QED) is 0.223. The van der Waals surface area contributed by atoms with Crippen molar-refractivity contribution < 1.29 is 14.1 Å². The number of aromatic amines is 1. The molecule has 1 amide bonds. The Labute approximate surface area is 251 Å². The van der Waals surface area contributed by atoms with Gasteiger partial charge in [-0.25, -0.2) is 0 Å². The first kappa shape index (κ1) is 27.2. The summed E-state index contributed by atoms with van der Waals surface area (Å²) in [5, 5.41) is 14.7. The van der Waals surface area contributed by atoms with Gasteiger partial charge in [0.25, 0.3) is 11.4 Å². The highest BCUT2D eigenvalue weighted by Crippen LogP contribution is 2.37. The lowest BCUT2D eigenvalue weighted by Crippen LogP contribution is -2.27. The monoisotopic (exact) mass is 594 g/mol. The van der Waals surface area contributed by atoms with Crippen molar-refractivity contribution in [3.8, 4) is 33.5 Å². The van der Waals surface area contributed by atoms with Gasteiger partial charge in [0.2, 0.25) is 5.91 Å². The molecule has 43 heavy (non-hydrogen) atoms. The zero-order chi connectivity index (χ0) is 29.5. The summed E-state index contributed by atoms with van der Waals surface area (Å²) in [4.78, 5) is 34.3. The zero-order valence-electron chi connectivity index (χ0n) is 23.8. The zero-order valence-corrected chi connectivity index (χ0v) is 24.6. The summed E-state index contributed by atoms with van der Waals surface area (Å²) in [6.07, 6.45) is 4.54. The molecule has 7 rings (SSSR count). The third-order valence-corrected chi connectivity index (χ3v) is 9.08. The van der Waals surface area contributed by atoms with Gasteiger partial charge in [-0.2, -0.15) is 4.98 Å². The summed E-state index contributed by atoms with van der Waals surface area (Å²) >= 11 is 1.58. The van der Waals surface area contributed by atoms with Gasteiger partial charge in [-0.3, -0.25) is 9.59 Å². The Bertz CT molecular complexity index is 1840. The van der Waals surface area contributed by atoms with E-state index in [1.54, 1.807) is 29.7 Å². The van der Waals surface area contributed by atoms with E-state index < -0.39 is 0 Å². The molecule has 1 saturated carbocycles. The standard InChI is InChI=1S/C32H30N6O4S/c1-18(2)31-35-36-32(43-31)19-7-11-25(12-8-19)41-26-15-22(6-5-20(26)14-21-4-3-13-33-29(21)40)30-34-28(37-42-30)23-16-27(39)38(17-23)24-9-10-24/h3-8,11-13,15,18,23-24H,9-10,14,16-17H2,1-2H3,(H,33,40). The molecule has 2 aromatic carbocycles. The second-order valence-corrected chi connectivity index (χ2v) is 12.4. The molecule has 10 nitrogen and oxygen atoms in total. The molecule has 1 aliphatic carbocycles. The number of pyridine rings is 1. The normalized spacial score (nSPS) is 16.8. The van der Waals surface area contributed by atoms with Crippen molar-refractivity contribution in [2.75, 3.05) is 6.54 Å². The minimum absolute atomic E-state index is 0.0754. The van der Waals surface area contributed by atoms with Gasteiger partial charge in [0, 0.05) is 60.2 Å². The van der Waals surface area contributed by atoms with Crippen LogP contribution in [0, 0.1) is 0 Å². The molecule has 5 aromatic rings. The lowest BCUT2D eigenvalue weighted by molar-refractivity contribution is -0.128. The number of carbonyl (C=O) groups excluding carboxylic acids is 1. The average molecular weight is 595 g/mol. The van der Waals surface area contributed by atoms with Crippen LogP contribution in [0.1, 0.15) is 66.9 Å². The van der Waals surface area contributed by atoms with Gasteiger partial charge in [-0.15, -0.1) is 10.2 Å². The maximum absolute atomic E-state index is 12.5. The number of aromatic nitrogens is 5. The molecule has 1 aliphatic heterocycles. The van der Waals surface area contributed by atoms with Crippen molar-refractivity contribution in [1.29, 1.82) is 0 Å². The van der Waals surface area contributed by atoms with Crippen LogP contribution in [-0.2, 0) is 11.2 Å². The molecule has 3 aromatic heterocycles. The van der Waals surface area contributed by atoms with E-state index in [0.717, 1.165) is 34.0 Å². The fourth-order valence-electron chi connectivity index (χ4n) is 5.27. The number of H-pyrrole nitrogens is 1. The van der Waals surface area contributed by atoms with Crippen LogP contribution in [-0.4, -0.2) is 48.7 Å². The third kappa shape index (κ3) is 5.72. The Kier molecular flexibility index (Phi) is 7.10. The second-order valence-electron chi connectivity index (χ2n) is 11.4. The van der Waals surface area contributed by atoms with Crippen molar-refractivity contribution in [2.45, 2.75) is 57.4 Å². The summed E-state index contributed by atoms with van der Waals surface area (Å²) in [5.41, 5.74) is 2.96. The van der Waals surface area contributed by atoms with Crippen LogP contribution in [0.15, 0.2) is 70.1 Å². The first-order chi connectivity index (χ1) is 20.9. The molecule has 0 bridgehead atoms. The van der Waals surface area contributed by atoms with Gasteiger partial charge in [0.1, 0.15) is 21.5 Å². The van der Waals surface area contributed by atoms with Crippen LogP contribution in [0.2, 0.25) is 0 Å². The molecular weight excluding hydrogens is 564 g/mol. The maximum Gasteiger partial charge on any atom is 0.258 e. The van der Waals surface area contributed by atoms with Crippen LogP contribution < -0.4 is 10.3 Å². The van der Waals surface area contributed by atoms with Crippen LogP contribution in [0.3, 0.4) is 0 Å². The molecule has 1 N–H and O–H groups in total. The molecular formula is C32H30N6O4S. The molecule has 1 unspecified atom stereocenters. The van der Waals surface area contributed by atoms with Gasteiger partial charge in [0.15, 0.2) is 5.82 Å². The predicted octanol–water partition coefficient (Wildman–Crippen LogP) is 5.93. The highest BCUT2D eigenvalue weighted by molar-refractivity contribution is 7.14. The highest BCUT2D eigenvalue weighted by atomic mass is 32.1. The van der Waals surface area contributed by atoms with Crippen molar-refractivity contribution in [3.63, 3.8) is 0 Å². The molecule has 2 aliphatic rings. The first-order valence-corrected chi connectivity index (χ1v) is 15.3. The van der Waals surface area contributed by atoms with E-state index in [4.69, 9.17) is 9.26 Å². The largest absolute Gasteiger partial charge is 0.457 e. The molecule has 218 valence electrons. The summed E-state index contributed by atoms with van der Waals surface area (Å²) in [6.45, 7) is 4.83. The van der Waals surface area contributed by atoms with E-state index in [1.807, 2.05) is 47.4 Å². The smallest absolute Gasteiger partial charge is 0.258 e. The molecule has 4 heterocycles. The van der Waals surface area contributed by atoms with E-state index in [-0.39, 0.29) is 17.4 Å². The third-order valence-electron chi connectivity index (χ3n) is 7.81. The van der Waals surface area contributed by atoms with E-state index in [1.165, 1.54) is 0 Å². The van der Waals surface area contributed by atoms with Gasteiger partial charge >= 0.3 is 0 Å². The van der Waals surface area contributed by atoms with E-state index in [2.05, 4.69) is 39.2 Å². The lowest BCUT2D eigenvalue weighted by atomic mass is 10.0. The molecule has 1 saturated heterocycles.